The molecule has 0 radical (unpaired) electrons. The SMILES string of the molecule is CCC(CO)NCC1CN(C(C)C)C1. The van der Waals surface area contributed by atoms with E-state index in [1.54, 1.807) is 0 Å². The summed E-state index contributed by atoms with van der Waals surface area (Å²) in [5.74, 6) is 0.790. The van der Waals surface area contributed by atoms with E-state index in [0.29, 0.717) is 12.1 Å². The van der Waals surface area contributed by atoms with Crippen LogP contribution in [0.1, 0.15) is 27.2 Å². The topological polar surface area (TPSA) is 35.5 Å². The number of hydrogen-bond acceptors (Lipinski definition) is 3. The van der Waals surface area contributed by atoms with Gasteiger partial charge in [-0.2, -0.15) is 0 Å². The summed E-state index contributed by atoms with van der Waals surface area (Å²) >= 11 is 0. The number of nitrogens with zero attached hydrogens (tertiary/aromatic N) is 1. The molecule has 3 heteroatoms. The molecule has 0 aromatic rings. The molecule has 0 aromatic heterocycles. The summed E-state index contributed by atoms with van der Waals surface area (Å²) in [6, 6.07) is 0.981. The highest BCUT2D eigenvalue weighted by molar-refractivity contribution is 4.84. The van der Waals surface area contributed by atoms with Gasteiger partial charge in [0.1, 0.15) is 0 Å². The summed E-state index contributed by atoms with van der Waals surface area (Å²) in [5, 5.41) is 12.4. The molecule has 1 rings (SSSR count). The summed E-state index contributed by atoms with van der Waals surface area (Å²) in [4.78, 5) is 2.48. The summed E-state index contributed by atoms with van der Waals surface area (Å²) in [6.07, 6.45) is 1.01. The van der Waals surface area contributed by atoms with E-state index < -0.39 is 0 Å². The largest absolute Gasteiger partial charge is 0.395 e. The first-order chi connectivity index (χ1) is 6.67. The fourth-order valence-electron chi connectivity index (χ4n) is 1.83. The Kier molecular flexibility index (Phi) is 4.85. The van der Waals surface area contributed by atoms with Crippen LogP contribution in [0.2, 0.25) is 0 Å². The predicted molar refractivity (Wildman–Crippen MR) is 59.4 cm³/mol. The Bertz CT molecular complexity index is 151. The van der Waals surface area contributed by atoms with E-state index >= 15 is 0 Å². The second-order valence-corrected chi connectivity index (χ2v) is 4.61. The molecule has 0 aromatic carbocycles. The molecule has 1 unspecified atom stereocenters. The third-order valence-electron chi connectivity index (χ3n) is 3.12. The van der Waals surface area contributed by atoms with E-state index in [-0.39, 0.29) is 6.61 Å². The van der Waals surface area contributed by atoms with Gasteiger partial charge < -0.3 is 15.3 Å². The Labute approximate surface area is 87.5 Å². The van der Waals surface area contributed by atoms with Gasteiger partial charge in [-0.05, 0) is 26.2 Å². The monoisotopic (exact) mass is 200 g/mol. The Morgan fingerprint density at radius 3 is 2.50 bits per heavy atom. The van der Waals surface area contributed by atoms with Gasteiger partial charge in [0.05, 0.1) is 6.61 Å². The van der Waals surface area contributed by atoms with Gasteiger partial charge in [-0.15, -0.1) is 0 Å². The lowest BCUT2D eigenvalue weighted by molar-refractivity contribution is 0.0640. The van der Waals surface area contributed by atoms with Crippen LogP contribution in [0, 0.1) is 5.92 Å². The van der Waals surface area contributed by atoms with E-state index in [9.17, 15) is 0 Å². The lowest BCUT2D eigenvalue weighted by Gasteiger charge is -2.42. The van der Waals surface area contributed by atoms with Gasteiger partial charge in [0.25, 0.3) is 0 Å². The zero-order chi connectivity index (χ0) is 10.6. The average Bonchev–Trinajstić information content (AvgIpc) is 2.08. The fourth-order valence-corrected chi connectivity index (χ4v) is 1.83. The Morgan fingerprint density at radius 1 is 1.43 bits per heavy atom. The maximum absolute atomic E-state index is 9.00. The summed E-state index contributed by atoms with van der Waals surface area (Å²) in [6.45, 7) is 10.3. The number of rotatable bonds is 6. The van der Waals surface area contributed by atoms with Gasteiger partial charge in [-0.3, -0.25) is 0 Å². The fraction of sp³-hybridized carbons (Fsp3) is 1.00. The van der Waals surface area contributed by atoms with Crippen LogP contribution < -0.4 is 5.32 Å². The van der Waals surface area contributed by atoms with Crippen molar-refractivity contribution in [2.75, 3.05) is 26.2 Å². The zero-order valence-electron chi connectivity index (χ0n) is 9.66. The molecule has 1 heterocycles. The summed E-state index contributed by atoms with van der Waals surface area (Å²) < 4.78 is 0. The second-order valence-electron chi connectivity index (χ2n) is 4.61. The number of likely N-dealkylation sites (tertiary alicyclic amines) is 1. The quantitative estimate of drug-likeness (QED) is 0.662. The lowest BCUT2D eigenvalue weighted by Crippen LogP contribution is -2.54. The van der Waals surface area contributed by atoms with E-state index in [1.165, 1.54) is 13.1 Å². The molecule has 1 atom stereocenters. The molecular weight excluding hydrogens is 176 g/mol. The highest BCUT2D eigenvalue weighted by Gasteiger charge is 2.28. The minimum atomic E-state index is 0.261. The van der Waals surface area contributed by atoms with Crippen molar-refractivity contribution in [1.29, 1.82) is 0 Å². The van der Waals surface area contributed by atoms with Gasteiger partial charge >= 0.3 is 0 Å². The first-order valence-electron chi connectivity index (χ1n) is 5.75. The van der Waals surface area contributed by atoms with Gasteiger partial charge in [-0.1, -0.05) is 6.92 Å². The first-order valence-corrected chi connectivity index (χ1v) is 5.75. The highest BCUT2D eigenvalue weighted by Crippen LogP contribution is 2.17. The predicted octanol–water partition coefficient (Wildman–Crippen LogP) is 0.687. The van der Waals surface area contributed by atoms with Crippen molar-refractivity contribution in [1.82, 2.24) is 10.2 Å². The van der Waals surface area contributed by atoms with Crippen LogP contribution in [-0.4, -0.2) is 48.3 Å². The molecule has 0 aliphatic carbocycles. The molecule has 0 amide bonds. The third-order valence-corrected chi connectivity index (χ3v) is 3.12. The van der Waals surface area contributed by atoms with Crippen LogP contribution >= 0.6 is 0 Å². The maximum atomic E-state index is 9.00. The molecule has 1 aliphatic heterocycles. The van der Waals surface area contributed by atoms with Gasteiger partial charge in [0, 0.05) is 31.7 Å². The van der Waals surface area contributed by atoms with Crippen molar-refractivity contribution in [2.24, 2.45) is 5.92 Å². The second kappa shape index (κ2) is 5.69. The number of aliphatic hydroxyl groups is 1. The van der Waals surface area contributed by atoms with Crippen molar-refractivity contribution in [3.63, 3.8) is 0 Å². The highest BCUT2D eigenvalue weighted by atomic mass is 16.3. The smallest absolute Gasteiger partial charge is 0.0584 e. The molecule has 3 nitrogen and oxygen atoms in total. The van der Waals surface area contributed by atoms with Crippen LogP contribution in [0.3, 0.4) is 0 Å². The number of aliphatic hydroxyl groups excluding tert-OH is 1. The van der Waals surface area contributed by atoms with Gasteiger partial charge in [0.2, 0.25) is 0 Å². The van der Waals surface area contributed by atoms with Crippen molar-refractivity contribution in [3.8, 4) is 0 Å². The van der Waals surface area contributed by atoms with Crippen molar-refractivity contribution in [3.05, 3.63) is 0 Å². The lowest BCUT2D eigenvalue weighted by atomic mass is 9.98. The molecule has 0 saturated carbocycles. The van der Waals surface area contributed by atoms with E-state index in [1.807, 2.05) is 0 Å². The average molecular weight is 200 g/mol. The van der Waals surface area contributed by atoms with Crippen LogP contribution in [-0.2, 0) is 0 Å². The number of nitrogens with one attached hydrogen (secondary N) is 1. The molecule has 1 fully saturated rings. The van der Waals surface area contributed by atoms with Crippen LogP contribution in [0.15, 0.2) is 0 Å². The minimum absolute atomic E-state index is 0.261. The van der Waals surface area contributed by atoms with E-state index in [2.05, 4.69) is 31.0 Å². The van der Waals surface area contributed by atoms with Gasteiger partial charge in [-0.25, -0.2) is 0 Å². The van der Waals surface area contributed by atoms with E-state index in [0.717, 1.165) is 18.9 Å². The van der Waals surface area contributed by atoms with Crippen molar-refractivity contribution < 1.29 is 5.11 Å². The molecule has 2 N–H and O–H groups in total. The third kappa shape index (κ3) is 3.23. The maximum Gasteiger partial charge on any atom is 0.0584 e. The molecule has 1 saturated heterocycles. The molecule has 0 spiro atoms. The Hall–Kier alpha value is -0.120. The summed E-state index contributed by atoms with van der Waals surface area (Å²) in [7, 11) is 0. The molecule has 84 valence electrons. The molecule has 0 bridgehead atoms. The molecule has 1 aliphatic rings. The van der Waals surface area contributed by atoms with Gasteiger partial charge in [0.15, 0.2) is 0 Å². The molecular formula is C11H24N2O. The number of hydrogen-bond donors (Lipinski definition) is 2. The Balaban J connectivity index is 2.05. The van der Waals surface area contributed by atoms with Crippen LogP contribution in [0.5, 0.6) is 0 Å². The molecule has 14 heavy (non-hydrogen) atoms. The van der Waals surface area contributed by atoms with E-state index in [4.69, 9.17) is 5.11 Å². The summed E-state index contributed by atoms with van der Waals surface area (Å²) in [5.41, 5.74) is 0. The Morgan fingerprint density at radius 2 is 2.07 bits per heavy atom. The van der Waals surface area contributed by atoms with Crippen molar-refractivity contribution in [2.45, 2.75) is 39.3 Å². The van der Waals surface area contributed by atoms with Crippen molar-refractivity contribution >= 4 is 0 Å². The first kappa shape index (κ1) is 12.0. The minimum Gasteiger partial charge on any atom is -0.395 e. The standard InChI is InChI=1S/C11H24N2O/c1-4-11(8-14)12-5-10-6-13(7-10)9(2)3/h9-12,14H,4-8H2,1-3H3. The van der Waals surface area contributed by atoms with Crippen LogP contribution in [0.25, 0.3) is 0 Å². The van der Waals surface area contributed by atoms with Crippen LogP contribution in [0.4, 0.5) is 0 Å². The zero-order valence-corrected chi connectivity index (χ0v) is 9.66. The normalized spacial score (nSPS) is 21.2.